The van der Waals surface area contributed by atoms with Gasteiger partial charge in [0.2, 0.25) is 5.91 Å². The maximum absolute atomic E-state index is 12.4. The van der Waals surface area contributed by atoms with Gasteiger partial charge < -0.3 is 10.0 Å². The Bertz CT molecular complexity index is 365. The first-order valence-electron chi connectivity index (χ1n) is 7.14. The molecule has 1 unspecified atom stereocenters. The predicted molar refractivity (Wildman–Crippen MR) is 65.9 cm³/mol. The van der Waals surface area contributed by atoms with Gasteiger partial charge in [0.05, 0.1) is 5.92 Å². The summed E-state index contributed by atoms with van der Waals surface area (Å²) >= 11 is 0. The summed E-state index contributed by atoms with van der Waals surface area (Å²) in [6.45, 7) is 1.28. The van der Waals surface area contributed by atoms with Crippen molar-refractivity contribution < 1.29 is 14.7 Å². The van der Waals surface area contributed by atoms with Crippen LogP contribution >= 0.6 is 0 Å². The quantitative estimate of drug-likeness (QED) is 0.815. The molecule has 1 saturated heterocycles. The Morgan fingerprint density at radius 3 is 2.28 bits per heavy atom. The molecule has 18 heavy (non-hydrogen) atoms. The van der Waals surface area contributed by atoms with E-state index in [-0.39, 0.29) is 11.8 Å². The van der Waals surface area contributed by atoms with E-state index in [4.69, 9.17) is 5.11 Å². The van der Waals surface area contributed by atoms with E-state index in [1.807, 2.05) is 4.90 Å². The number of aliphatic carboxylic acids is 1. The average Bonchev–Trinajstić information content (AvgIpc) is 2.86. The lowest BCUT2D eigenvalue weighted by Gasteiger charge is -2.30. The highest BCUT2D eigenvalue weighted by molar-refractivity contribution is 5.83. The molecule has 4 nitrogen and oxygen atoms in total. The predicted octanol–water partition coefficient (Wildman–Crippen LogP) is 1.89. The van der Waals surface area contributed by atoms with Gasteiger partial charge in [0.25, 0.3) is 0 Å². The Labute approximate surface area is 107 Å². The molecule has 4 heteroatoms. The Kier molecular flexibility index (Phi) is 2.83. The first-order chi connectivity index (χ1) is 8.62. The van der Waals surface area contributed by atoms with Crippen molar-refractivity contribution in [1.82, 2.24) is 4.90 Å². The van der Waals surface area contributed by atoms with Crippen LogP contribution in [0.4, 0.5) is 0 Å². The molecule has 1 spiro atoms. The molecule has 0 aromatic rings. The lowest BCUT2D eigenvalue weighted by Crippen LogP contribution is -2.41. The summed E-state index contributed by atoms with van der Waals surface area (Å²) < 4.78 is 0. The number of amides is 1. The Hall–Kier alpha value is -1.06. The maximum Gasteiger partial charge on any atom is 0.306 e. The second-order valence-electron chi connectivity index (χ2n) is 6.26. The third kappa shape index (κ3) is 1.91. The standard InChI is InChI=1S/C14H21NO3/c16-12(11-9-14(11)5-1-2-6-14)15-7-3-10(4-8-15)13(17)18/h10-11H,1-9H2,(H,17,18). The van der Waals surface area contributed by atoms with Crippen molar-refractivity contribution in [3.05, 3.63) is 0 Å². The SMILES string of the molecule is O=C(O)C1CCN(C(=O)C2CC23CCCC3)CC1. The number of nitrogens with zero attached hydrogens (tertiary/aromatic N) is 1. The highest BCUT2D eigenvalue weighted by atomic mass is 16.4. The third-order valence-corrected chi connectivity index (χ3v) is 5.24. The van der Waals surface area contributed by atoms with Crippen molar-refractivity contribution in [3.8, 4) is 0 Å². The highest BCUT2D eigenvalue weighted by Gasteiger charge is 2.59. The third-order valence-electron chi connectivity index (χ3n) is 5.24. The number of hydrogen-bond donors (Lipinski definition) is 1. The number of piperidine rings is 1. The van der Waals surface area contributed by atoms with Crippen LogP contribution in [0.5, 0.6) is 0 Å². The van der Waals surface area contributed by atoms with Crippen LogP contribution in [0.3, 0.4) is 0 Å². The monoisotopic (exact) mass is 251 g/mol. The summed E-state index contributed by atoms with van der Waals surface area (Å²) in [5.74, 6) is -0.378. The van der Waals surface area contributed by atoms with Crippen molar-refractivity contribution in [1.29, 1.82) is 0 Å². The molecular formula is C14H21NO3. The molecule has 1 amide bonds. The number of carbonyl (C=O) groups is 2. The van der Waals surface area contributed by atoms with Gasteiger partial charge in [0.1, 0.15) is 0 Å². The number of likely N-dealkylation sites (tertiary alicyclic amines) is 1. The molecule has 2 aliphatic carbocycles. The second-order valence-corrected chi connectivity index (χ2v) is 6.26. The molecule has 3 aliphatic rings. The summed E-state index contributed by atoms with van der Waals surface area (Å²) in [4.78, 5) is 25.2. The van der Waals surface area contributed by atoms with Crippen LogP contribution < -0.4 is 0 Å². The molecule has 0 aromatic heterocycles. The Balaban J connectivity index is 1.54. The van der Waals surface area contributed by atoms with Crippen LogP contribution in [0.25, 0.3) is 0 Å². The van der Waals surface area contributed by atoms with Crippen molar-refractivity contribution >= 4 is 11.9 Å². The lowest BCUT2D eigenvalue weighted by molar-refractivity contribution is -0.146. The van der Waals surface area contributed by atoms with E-state index in [0.717, 1.165) is 6.42 Å². The highest BCUT2D eigenvalue weighted by Crippen LogP contribution is 2.63. The van der Waals surface area contributed by atoms with Gasteiger partial charge in [-0.05, 0) is 37.5 Å². The van der Waals surface area contributed by atoms with Gasteiger partial charge in [0.15, 0.2) is 0 Å². The second kappa shape index (κ2) is 4.25. The van der Waals surface area contributed by atoms with Crippen LogP contribution in [-0.2, 0) is 9.59 Å². The summed E-state index contributed by atoms with van der Waals surface area (Å²) in [7, 11) is 0. The van der Waals surface area contributed by atoms with Crippen LogP contribution in [0.15, 0.2) is 0 Å². The van der Waals surface area contributed by atoms with Crippen LogP contribution in [0.1, 0.15) is 44.9 Å². The van der Waals surface area contributed by atoms with Gasteiger partial charge in [-0.15, -0.1) is 0 Å². The normalized spacial score (nSPS) is 30.7. The summed E-state index contributed by atoms with van der Waals surface area (Å²) in [6.07, 6.45) is 7.37. The Morgan fingerprint density at radius 2 is 1.72 bits per heavy atom. The van der Waals surface area contributed by atoms with E-state index in [9.17, 15) is 9.59 Å². The van der Waals surface area contributed by atoms with Crippen LogP contribution in [0, 0.1) is 17.3 Å². The van der Waals surface area contributed by atoms with E-state index in [1.165, 1.54) is 25.7 Å². The molecule has 1 heterocycles. The van der Waals surface area contributed by atoms with Crippen molar-refractivity contribution in [2.45, 2.75) is 44.9 Å². The van der Waals surface area contributed by atoms with Gasteiger partial charge in [0, 0.05) is 19.0 Å². The van der Waals surface area contributed by atoms with Gasteiger partial charge in [-0.1, -0.05) is 12.8 Å². The summed E-state index contributed by atoms with van der Waals surface area (Å²) in [5, 5.41) is 8.95. The number of carboxylic acid groups (broad SMARTS) is 1. The first kappa shape index (κ1) is 12.0. The van der Waals surface area contributed by atoms with Crippen molar-refractivity contribution in [2.24, 2.45) is 17.3 Å². The zero-order valence-corrected chi connectivity index (χ0v) is 10.7. The molecule has 100 valence electrons. The molecular weight excluding hydrogens is 230 g/mol. The fraction of sp³-hybridized carbons (Fsp3) is 0.857. The molecule has 1 atom stereocenters. The zero-order valence-electron chi connectivity index (χ0n) is 10.7. The maximum atomic E-state index is 12.4. The first-order valence-corrected chi connectivity index (χ1v) is 7.14. The minimum absolute atomic E-state index is 0.242. The van der Waals surface area contributed by atoms with E-state index < -0.39 is 5.97 Å². The topological polar surface area (TPSA) is 57.6 Å². The van der Waals surface area contributed by atoms with Crippen LogP contribution in [-0.4, -0.2) is 35.0 Å². The minimum atomic E-state index is -0.708. The van der Waals surface area contributed by atoms with Gasteiger partial charge >= 0.3 is 5.97 Å². The van der Waals surface area contributed by atoms with Gasteiger partial charge in [-0.3, -0.25) is 9.59 Å². The summed E-state index contributed by atoms with van der Waals surface area (Å²) in [5.41, 5.74) is 0.362. The molecule has 0 radical (unpaired) electrons. The minimum Gasteiger partial charge on any atom is -0.481 e. The molecule has 2 saturated carbocycles. The number of rotatable bonds is 2. The molecule has 3 fully saturated rings. The smallest absolute Gasteiger partial charge is 0.306 e. The lowest BCUT2D eigenvalue weighted by atomic mass is 9.96. The fourth-order valence-corrected chi connectivity index (χ4v) is 3.90. The summed E-state index contributed by atoms with van der Waals surface area (Å²) in [6, 6.07) is 0. The molecule has 1 aliphatic heterocycles. The largest absolute Gasteiger partial charge is 0.481 e. The molecule has 1 N–H and O–H groups in total. The van der Waals surface area contributed by atoms with Crippen molar-refractivity contribution in [3.63, 3.8) is 0 Å². The fourth-order valence-electron chi connectivity index (χ4n) is 3.90. The molecule has 0 bridgehead atoms. The number of hydrogen-bond acceptors (Lipinski definition) is 2. The van der Waals surface area contributed by atoms with Gasteiger partial charge in [-0.2, -0.15) is 0 Å². The molecule has 0 aromatic carbocycles. The van der Waals surface area contributed by atoms with E-state index in [2.05, 4.69) is 0 Å². The van der Waals surface area contributed by atoms with E-state index in [1.54, 1.807) is 0 Å². The van der Waals surface area contributed by atoms with Gasteiger partial charge in [-0.25, -0.2) is 0 Å². The van der Waals surface area contributed by atoms with Crippen molar-refractivity contribution in [2.75, 3.05) is 13.1 Å². The average molecular weight is 251 g/mol. The molecule has 3 rings (SSSR count). The number of carbonyl (C=O) groups excluding carboxylic acids is 1. The van der Waals surface area contributed by atoms with E-state index >= 15 is 0 Å². The number of carboxylic acids is 1. The van der Waals surface area contributed by atoms with Crippen LogP contribution in [0.2, 0.25) is 0 Å². The van der Waals surface area contributed by atoms with E-state index in [0.29, 0.717) is 37.3 Å². The zero-order chi connectivity index (χ0) is 12.8. The Morgan fingerprint density at radius 1 is 1.11 bits per heavy atom.